The summed E-state index contributed by atoms with van der Waals surface area (Å²) in [6.45, 7) is 2.12. The van der Waals surface area contributed by atoms with E-state index >= 15 is 0 Å². The summed E-state index contributed by atoms with van der Waals surface area (Å²) in [7, 11) is 2.20. The van der Waals surface area contributed by atoms with Crippen LogP contribution in [0.2, 0.25) is 0 Å². The Morgan fingerprint density at radius 2 is 1.95 bits per heavy atom. The van der Waals surface area contributed by atoms with E-state index in [1.165, 1.54) is 21.4 Å². The summed E-state index contributed by atoms with van der Waals surface area (Å²) in [6, 6.07) is 15.3. The van der Waals surface area contributed by atoms with Crippen molar-refractivity contribution in [2.24, 2.45) is 0 Å². The SMILES string of the molecule is CN1Cc2ccccc2C(c2cccc3ncsc23)C1. The molecule has 1 aliphatic heterocycles. The number of hydrogen-bond donors (Lipinski definition) is 0. The average molecular weight is 280 g/mol. The van der Waals surface area contributed by atoms with Crippen molar-refractivity contribution in [1.29, 1.82) is 0 Å². The third-order valence-electron chi connectivity index (χ3n) is 4.13. The highest BCUT2D eigenvalue weighted by Gasteiger charge is 2.25. The Balaban J connectivity index is 1.92. The number of rotatable bonds is 1. The van der Waals surface area contributed by atoms with Crippen molar-refractivity contribution in [2.75, 3.05) is 13.6 Å². The van der Waals surface area contributed by atoms with E-state index in [2.05, 4.69) is 59.4 Å². The predicted octanol–water partition coefficient (Wildman–Crippen LogP) is 3.87. The van der Waals surface area contributed by atoms with Crippen LogP contribution in [0, 0.1) is 0 Å². The highest BCUT2D eigenvalue weighted by atomic mass is 32.1. The second-order valence-electron chi connectivity index (χ2n) is 5.50. The fourth-order valence-electron chi connectivity index (χ4n) is 3.23. The molecule has 2 heterocycles. The van der Waals surface area contributed by atoms with Gasteiger partial charge < -0.3 is 4.90 Å². The Hall–Kier alpha value is -1.71. The van der Waals surface area contributed by atoms with Gasteiger partial charge in [-0.3, -0.25) is 0 Å². The Bertz CT molecular complexity index is 762. The van der Waals surface area contributed by atoms with Gasteiger partial charge in [0.2, 0.25) is 0 Å². The Labute approximate surface area is 122 Å². The van der Waals surface area contributed by atoms with Crippen LogP contribution in [0.3, 0.4) is 0 Å². The van der Waals surface area contributed by atoms with E-state index in [0.717, 1.165) is 18.6 Å². The lowest BCUT2D eigenvalue weighted by Gasteiger charge is -2.32. The maximum Gasteiger partial charge on any atom is 0.0815 e. The molecule has 1 unspecified atom stereocenters. The molecule has 20 heavy (non-hydrogen) atoms. The van der Waals surface area contributed by atoms with Gasteiger partial charge in [-0.25, -0.2) is 4.98 Å². The molecule has 2 aromatic carbocycles. The minimum Gasteiger partial charge on any atom is -0.301 e. The third kappa shape index (κ3) is 1.86. The summed E-state index contributed by atoms with van der Waals surface area (Å²) >= 11 is 1.75. The molecule has 100 valence electrons. The Kier molecular flexibility index (Phi) is 2.83. The van der Waals surface area contributed by atoms with Crippen molar-refractivity contribution in [3.8, 4) is 0 Å². The van der Waals surface area contributed by atoms with Gasteiger partial charge in [-0.15, -0.1) is 11.3 Å². The molecular formula is C17H16N2S. The summed E-state index contributed by atoms with van der Waals surface area (Å²) < 4.78 is 1.34. The maximum absolute atomic E-state index is 4.45. The zero-order valence-corrected chi connectivity index (χ0v) is 12.2. The van der Waals surface area contributed by atoms with Crippen molar-refractivity contribution >= 4 is 21.6 Å². The molecule has 0 fully saturated rings. The minimum absolute atomic E-state index is 0.453. The lowest BCUT2D eigenvalue weighted by Crippen LogP contribution is -2.30. The fraction of sp³-hybridized carbons (Fsp3) is 0.235. The first-order valence-corrected chi connectivity index (χ1v) is 7.79. The molecule has 4 rings (SSSR count). The summed E-state index contributed by atoms with van der Waals surface area (Å²) in [6.07, 6.45) is 0. The van der Waals surface area contributed by atoms with Gasteiger partial charge in [0.1, 0.15) is 0 Å². The molecule has 1 aromatic heterocycles. The molecule has 1 atom stereocenters. The number of nitrogens with zero attached hydrogens (tertiary/aromatic N) is 2. The van der Waals surface area contributed by atoms with E-state index in [1.54, 1.807) is 11.3 Å². The first kappa shape index (κ1) is 12.1. The van der Waals surface area contributed by atoms with Gasteiger partial charge in [-0.1, -0.05) is 36.4 Å². The van der Waals surface area contributed by atoms with Crippen LogP contribution in [0.25, 0.3) is 10.2 Å². The molecule has 0 radical (unpaired) electrons. The van der Waals surface area contributed by atoms with E-state index < -0.39 is 0 Å². The molecule has 0 saturated carbocycles. The molecule has 2 nitrogen and oxygen atoms in total. The number of hydrogen-bond acceptors (Lipinski definition) is 3. The molecule has 0 N–H and O–H groups in total. The van der Waals surface area contributed by atoms with Crippen LogP contribution in [-0.4, -0.2) is 23.5 Å². The number of benzene rings is 2. The minimum atomic E-state index is 0.453. The first-order valence-electron chi connectivity index (χ1n) is 6.91. The summed E-state index contributed by atoms with van der Waals surface area (Å²) in [5.74, 6) is 0.453. The van der Waals surface area contributed by atoms with E-state index in [4.69, 9.17) is 0 Å². The molecule has 0 aliphatic carbocycles. The zero-order valence-electron chi connectivity index (χ0n) is 11.4. The highest BCUT2D eigenvalue weighted by Crippen LogP contribution is 2.37. The Morgan fingerprint density at radius 1 is 1.10 bits per heavy atom. The molecule has 1 aliphatic rings. The van der Waals surface area contributed by atoms with Crippen LogP contribution in [0.4, 0.5) is 0 Å². The molecule has 0 saturated heterocycles. The summed E-state index contributed by atoms with van der Waals surface area (Å²) in [5, 5.41) is 0. The second kappa shape index (κ2) is 4.69. The van der Waals surface area contributed by atoms with Crippen molar-refractivity contribution < 1.29 is 0 Å². The molecule has 0 amide bonds. The third-order valence-corrected chi connectivity index (χ3v) is 5.02. The summed E-state index contributed by atoms with van der Waals surface area (Å²) in [5.41, 5.74) is 7.42. The van der Waals surface area contributed by atoms with Crippen molar-refractivity contribution in [1.82, 2.24) is 9.88 Å². The molecular weight excluding hydrogens is 264 g/mol. The fourth-order valence-corrected chi connectivity index (χ4v) is 4.09. The van der Waals surface area contributed by atoms with Gasteiger partial charge in [0.25, 0.3) is 0 Å². The van der Waals surface area contributed by atoms with Gasteiger partial charge in [-0.05, 0) is 29.8 Å². The van der Waals surface area contributed by atoms with E-state index in [1.807, 2.05) is 5.51 Å². The Morgan fingerprint density at radius 3 is 2.90 bits per heavy atom. The lowest BCUT2D eigenvalue weighted by atomic mass is 9.85. The van der Waals surface area contributed by atoms with Gasteiger partial charge >= 0.3 is 0 Å². The smallest absolute Gasteiger partial charge is 0.0815 e. The highest BCUT2D eigenvalue weighted by molar-refractivity contribution is 7.17. The standard InChI is InChI=1S/C17H16N2S/c1-19-9-12-5-2-3-6-13(12)15(10-19)14-7-4-8-16-17(14)20-11-18-16/h2-8,11,15H,9-10H2,1H3. The topological polar surface area (TPSA) is 16.1 Å². The van der Waals surface area contributed by atoms with Gasteiger partial charge in [-0.2, -0.15) is 0 Å². The quantitative estimate of drug-likeness (QED) is 0.672. The maximum atomic E-state index is 4.45. The molecule has 3 aromatic rings. The molecule has 3 heteroatoms. The summed E-state index contributed by atoms with van der Waals surface area (Å²) in [4.78, 5) is 6.86. The predicted molar refractivity (Wildman–Crippen MR) is 84.2 cm³/mol. The van der Waals surface area contributed by atoms with Gasteiger partial charge in [0, 0.05) is 19.0 Å². The van der Waals surface area contributed by atoms with Crippen LogP contribution < -0.4 is 0 Å². The largest absolute Gasteiger partial charge is 0.301 e. The number of fused-ring (bicyclic) bond motifs is 2. The van der Waals surface area contributed by atoms with Crippen LogP contribution in [0.15, 0.2) is 48.0 Å². The first-order chi connectivity index (χ1) is 9.83. The molecule has 0 spiro atoms. The van der Waals surface area contributed by atoms with Crippen LogP contribution in [-0.2, 0) is 6.54 Å². The number of thiazole rings is 1. The second-order valence-corrected chi connectivity index (χ2v) is 6.35. The van der Waals surface area contributed by atoms with Crippen LogP contribution in [0.1, 0.15) is 22.6 Å². The van der Waals surface area contributed by atoms with Crippen LogP contribution >= 0.6 is 11.3 Å². The van der Waals surface area contributed by atoms with E-state index in [0.29, 0.717) is 5.92 Å². The van der Waals surface area contributed by atoms with E-state index in [-0.39, 0.29) is 0 Å². The normalized spacial score (nSPS) is 19.1. The van der Waals surface area contributed by atoms with Crippen molar-refractivity contribution in [2.45, 2.75) is 12.5 Å². The van der Waals surface area contributed by atoms with Crippen LogP contribution in [0.5, 0.6) is 0 Å². The van der Waals surface area contributed by atoms with Gasteiger partial charge in [0.15, 0.2) is 0 Å². The van der Waals surface area contributed by atoms with Crippen molar-refractivity contribution in [3.63, 3.8) is 0 Å². The zero-order chi connectivity index (χ0) is 13.5. The monoisotopic (exact) mass is 280 g/mol. The van der Waals surface area contributed by atoms with Gasteiger partial charge in [0.05, 0.1) is 15.7 Å². The number of likely N-dealkylation sites (N-methyl/N-ethyl adjacent to an activating group) is 1. The van der Waals surface area contributed by atoms with E-state index in [9.17, 15) is 0 Å². The molecule has 0 bridgehead atoms. The van der Waals surface area contributed by atoms with Crippen molar-refractivity contribution in [3.05, 3.63) is 64.7 Å². The number of aromatic nitrogens is 1. The average Bonchev–Trinajstić information content (AvgIpc) is 2.94. The lowest BCUT2D eigenvalue weighted by molar-refractivity contribution is 0.296.